The van der Waals surface area contributed by atoms with E-state index in [2.05, 4.69) is 18.2 Å². The first-order valence-electron chi connectivity index (χ1n) is 4.00. The number of hydrogen-bond donors (Lipinski definition) is 1. The zero-order valence-corrected chi connectivity index (χ0v) is 6.09. The van der Waals surface area contributed by atoms with Gasteiger partial charge in [0.05, 0.1) is 0 Å². The van der Waals surface area contributed by atoms with E-state index in [9.17, 15) is 0 Å². The van der Waals surface area contributed by atoms with E-state index in [-0.39, 0.29) is 0 Å². The average Bonchev–Trinajstić information content (AvgIpc) is 2.34. The number of allylic oxidation sites excluding steroid dienone is 3. The second kappa shape index (κ2) is 2.24. The number of fused-ring (bicyclic) bond motifs is 1. The highest BCUT2D eigenvalue weighted by atomic mass is 14.7. The van der Waals surface area contributed by atoms with Crippen LogP contribution in [0.1, 0.15) is 19.3 Å². The maximum atomic E-state index is 5.89. The van der Waals surface area contributed by atoms with Gasteiger partial charge in [0.2, 0.25) is 0 Å². The van der Waals surface area contributed by atoms with E-state index in [0.717, 1.165) is 5.92 Å². The average molecular weight is 135 g/mol. The van der Waals surface area contributed by atoms with Crippen molar-refractivity contribution in [3.05, 3.63) is 23.8 Å². The van der Waals surface area contributed by atoms with Gasteiger partial charge in [-0.05, 0) is 25.2 Å². The predicted molar refractivity (Wildman–Crippen MR) is 42.5 cm³/mol. The fourth-order valence-corrected chi connectivity index (χ4v) is 1.95. The standard InChI is InChI=1S/C9H13N/c10-9-6-5-7-3-1-2-4-8(7)9/h1-2,4,7,9H,3,5-6,10H2. The molecule has 0 amide bonds. The molecule has 54 valence electrons. The van der Waals surface area contributed by atoms with Crippen LogP contribution in [0.25, 0.3) is 0 Å². The van der Waals surface area contributed by atoms with Gasteiger partial charge in [0, 0.05) is 6.04 Å². The Bertz CT molecular complexity index is 191. The molecule has 10 heavy (non-hydrogen) atoms. The maximum Gasteiger partial charge on any atom is 0.0259 e. The maximum absolute atomic E-state index is 5.89. The molecule has 2 aliphatic rings. The van der Waals surface area contributed by atoms with Crippen molar-refractivity contribution in [3.8, 4) is 0 Å². The fraction of sp³-hybridized carbons (Fsp3) is 0.556. The Balaban J connectivity index is 2.25. The molecule has 2 aliphatic carbocycles. The lowest BCUT2D eigenvalue weighted by Crippen LogP contribution is -2.19. The van der Waals surface area contributed by atoms with Crippen LogP contribution >= 0.6 is 0 Å². The largest absolute Gasteiger partial charge is 0.324 e. The third-order valence-electron chi connectivity index (χ3n) is 2.57. The molecular formula is C9H13N. The SMILES string of the molecule is NC1CCC2CC=CC=C12. The minimum Gasteiger partial charge on any atom is -0.324 e. The Morgan fingerprint density at radius 3 is 3.10 bits per heavy atom. The van der Waals surface area contributed by atoms with Crippen LogP contribution in [0.2, 0.25) is 0 Å². The molecule has 2 rings (SSSR count). The summed E-state index contributed by atoms with van der Waals surface area (Å²) in [6.45, 7) is 0. The molecule has 1 fully saturated rings. The van der Waals surface area contributed by atoms with Crippen LogP contribution in [0.3, 0.4) is 0 Å². The van der Waals surface area contributed by atoms with E-state index in [1.807, 2.05) is 0 Å². The summed E-state index contributed by atoms with van der Waals surface area (Å²) in [7, 11) is 0. The molecule has 2 unspecified atom stereocenters. The van der Waals surface area contributed by atoms with E-state index >= 15 is 0 Å². The minimum atomic E-state index is 0.370. The summed E-state index contributed by atoms with van der Waals surface area (Å²) >= 11 is 0. The van der Waals surface area contributed by atoms with E-state index in [0.29, 0.717) is 6.04 Å². The van der Waals surface area contributed by atoms with Crippen LogP contribution in [-0.2, 0) is 0 Å². The molecule has 2 atom stereocenters. The van der Waals surface area contributed by atoms with E-state index in [4.69, 9.17) is 5.73 Å². The Kier molecular flexibility index (Phi) is 1.38. The summed E-state index contributed by atoms with van der Waals surface area (Å²) in [5.41, 5.74) is 7.38. The van der Waals surface area contributed by atoms with Gasteiger partial charge in [-0.3, -0.25) is 0 Å². The van der Waals surface area contributed by atoms with E-state index in [1.165, 1.54) is 24.8 Å². The monoisotopic (exact) mass is 135 g/mol. The molecule has 0 saturated heterocycles. The van der Waals surface area contributed by atoms with Crippen molar-refractivity contribution >= 4 is 0 Å². The van der Waals surface area contributed by atoms with Gasteiger partial charge in [-0.1, -0.05) is 23.8 Å². The molecule has 0 aromatic rings. The molecule has 2 N–H and O–H groups in total. The summed E-state index contributed by atoms with van der Waals surface area (Å²) in [4.78, 5) is 0. The Morgan fingerprint density at radius 1 is 1.40 bits per heavy atom. The normalized spacial score (nSPS) is 37.5. The topological polar surface area (TPSA) is 26.0 Å². The van der Waals surface area contributed by atoms with Gasteiger partial charge in [-0.15, -0.1) is 0 Å². The summed E-state index contributed by atoms with van der Waals surface area (Å²) < 4.78 is 0. The Labute approximate surface area is 61.6 Å². The number of nitrogens with two attached hydrogens (primary N) is 1. The molecule has 0 radical (unpaired) electrons. The second-order valence-electron chi connectivity index (χ2n) is 3.21. The summed E-state index contributed by atoms with van der Waals surface area (Å²) in [6.07, 6.45) is 10.3. The zero-order chi connectivity index (χ0) is 6.97. The van der Waals surface area contributed by atoms with Crippen molar-refractivity contribution in [3.63, 3.8) is 0 Å². The predicted octanol–water partition coefficient (Wildman–Crippen LogP) is 1.61. The summed E-state index contributed by atoms with van der Waals surface area (Å²) in [5.74, 6) is 0.792. The lowest BCUT2D eigenvalue weighted by Gasteiger charge is -2.14. The van der Waals surface area contributed by atoms with Crippen LogP contribution in [0.4, 0.5) is 0 Å². The summed E-state index contributed by atoms with van der Waals surface area (Å²) in [6, 6.07) is 0.370. The molecule has 0 heterocycles. The molecule has 1 nitrogen and oxygen atoms in total. The lowest BCUT2D eigenvalue weighted by molar-refractivity contribution is 0.632. The smallest absolute Gasteiger partial charge is 0.0259 e. The van der Waals surface area contributed by atoms with Crippen molar-refractivity contribution < 1.29 is 0 Å². The van der Waals surface area contributed by atoms with Crippen LogP contribution in [0, 0.1) is 5.92 Å². The van der Waals surface area contributed by atoms with Gasteiger partial charge in [-0.2, -0.15) is 0 Å². The molecule has 1 heteroatoms. The van der Waals surface area contributed by atoms with Gasteiger partial charge in [-0.25, -0.2) is 0 Å². The number of rotatable bonds is 0. The van der Waals surface area contributed by atoms with Gasteiger partial charge < -0.3 is 5.73 Å². The van der Waals surface area contributed by atoms with Crippen molar-refractivity contribution in [2.24, 2.45) is 11.7 Å². The van der Waals surface area contributed by atoms with Crippen LogP contribution < -0.4 is 5.73 Å². The van der Waals surface area contributed by atoms with Crippen molar-refractivity contribution in [2.45, 2.75) is 25.3 Å². The lowest BCUT2D eigenvalue weighted by atomic mass is 9.94. The Hall–Kier alpha value is -0.560. The van der Waals surface area contributed by atoms with Gasteiger partial charge >= 0.3 is 0 Å². The first kappa shape index (κ1) is 6.17. The second-order valence-corrected chi connectivity index (χ2v) is 3.21. The van der Waals surface area contributed by atoms with E-state index in [1.54, 1.807) is 0 Å². The van der Waals surface area contributed by atoms with Crippen molar-refractivity contribution in [2.75, 3.05) is 0 Å². The first-order valence-corrected chi connectivity index (χ1v) is 4.00. The van der Waals surface area contributed by atoms with Gasteiger partial charge in [0.1, 0.15) is 0 Å². The van der Waals surface area contributed by atoms with E-state index < -0.39 is 0 Å². The van der Waals surface area contributed by atoms with Crippen molar-refractivity contribution in [1.82, 2.24) is 0 Å². The number of hydrogen-bond acceptors (Lipinski definition) is 1. The van der Waals surface area contributed by atoms with Gasteiger partial charge in [0.15, 0.2) is 0 Å². The zero-order valence-electron chi connectivity index (χ0n) is 6.09. The van der Waals surface area contributed by atoms with Crippen LogP contribution in [0.15, 0.2) is 23.8 Å². The quantitative estimate of drug-likeness (QED) is 0.536. The molecule has 0 aromatic heterocycles. The van der Waals surface area contributed by atoms with Crippen LogP contribution in [-0.4, -0.2) is 6.04 Å². The molecule has 0 aromatic carbocycles. The molecule has 0 aliphatic heterocycles. The van der Waals surface area contributed by atoms with Gasteiger partial charge in [0.25, 0.3) is 0 Å². The highest BCUT2D eigenvalue weighted by Gasteiger charge is 2.27. The third-order valence-corrected chi connectivity index (χ3v) is 2.57. The molecule has 1 saturated carbocycles. The molecule has 0 spiro atoms. The highest BCUT2D eigenvalue weighted by molar-refractivity contribution is 5.28. The Morgan fingerprint density at radius 2 is 2.30 bits per heavy atom. The fourth-order valence-electron chi connectivity index (χ4n) is 1.95. The minimum absolute atomic E-state index is 0.370. The third kappa shape index (κ3) is 0.816. The van der Waals surface area contributed by atoms with Crippen LogP contribution in [0.5, 0.6) is 0 Å². The first-order chi connectivity index (χ1) is 4.88. The molecular weight excluding hydrogens is 122 g/mol. The summed E-state index contributed by atoms with van der Waals surface area (Å²) in [5, 5.41) is 0. The highest BCUT2D eigenvalue weighted by Crippen LogP contribution is 2.34. The molecule has 0 bridgehead atoms. The van der Waals surface area contributed by atoms with Crippen molar-refractivity contribution in [1.29, 1.82) is 0 Å².